The molecule has 5 nitrogen and oxygen atoms in total. The van der Waals surface area contributed by atoms with Crippen LogP contribution in [0.2, 0.25) is 0 Å². The highest BCUT2D eigenvalue weighted by atomic mass is 19.1. The summed E-state index contributed by atoms with van der Waals surface area (Å²) in [6.45, 7) is 1.35. The van der Waals surface area contributed by atoms with E-state index in [0.717, 1.165) is 16.7 Å². The van der Waals surface area contributed by atoms with E-state index in [1.165, 1.54) is 12.4 Å². The van der Waals surface area contributed by atoms with Crippen LogP contribution < -0.4 is 10.9 Å². The zero-order chi connectivity index (χ0) is 14.7. The Morgan fingerprint density at radius 3 is 2.75 bits per heavy atom. The number of hydrogen-bond acceptors (Lipinski definition) is 3. The van der Waals surface area contributed by atoms with Crippen molar-refractivity contribution in [3.63, 3.8) is 0 Å². The summed E-state index contributed by atoms with van der Waals surface area (Å²) in [7, 11) is 0. The second-order valence-corrected chi connectivity index (χ2v) is 4.17. The van der Waals surface area contributed by atoms with Crippen LogP contribution >= 0.6 is 0 Å². The third kappa shape index (κ3) is 3.25. The van der Waals surface area contributed by atoms with Gasteiger partial charge in [0.1, 0.15) is 18.2 Å². The molecule has 104 valence electrons. The van der Waals surface area contributed by atoms with Crippen molar-refractivity contribution in [2.45, 2.75) is 13.5 Å². The molecule has 0 aliphatic rings. The minimum Gasteiger partial charge on any atom is -0.322 e. The number of carbonyl (C=O) groups is 1. The summed E-state index contributed by atoms with van der Waals surface area (Å²) < 4.78 is 27.1. The number of aromatic nitrogens is 2. The lowest BCUT2D eigenvalue weighted by molar-refractivity contribution is -0.116. The number of benzene rings is 1. The van der Waals surface area contributed by atoms with Crippen LogP contribution in [0.5, 0.6) is 0 Å². The molecular weight excluding hydrogens is 268 g/mol. The summed E-state index contributed by atoms with van der Waals surface area (Å²) in [4.78, 5) is 27.1. The maximum atomic E-state index is 13.3. The minimum absolute atomic E-state index is 0.149. The number of rotatable bonds is 3. The standard InChI is InChI=1S/C13H11F2N3O2/c1-8-4-13(20)18(7-16-8)6-12(19)17-11-3-2-9(14)5-10(11)15/h2-5,7H,6H2,1H3,(H,17,19). The Kier molecular flexibility index (Phi) is 3.88. The van der Waals surface area contributed by atoms with Crippen LogP contribution in [-0.4, -0.2) is 15.5 Å². The van der Waals surface area contributed by atoms with Crippen LogP contribution in [0, 0.1) is 18.6 Å². The van der Waals surface area contributed by atoms with Crippen molar-refractivity contribution in [3.8, 4) is 0 Å². The molecule has 0 spiro atoms. The van der Waals surface area contributed by atoms with Gasteiger partial charge in [-0.05, 0) is 19.1 Å². The monoisotopic (exact) mass is 279 g/mol. The van der Waals surface area contributed by atoms with Crippen LogP contribution in [0.4, 0.5) is 14.5 Å². The van der Waals surface area contributed by atoms with Crippen molar-refractivity contribution >= 4 is 11.6 Å². The first-order valence-electron chi connectivity index (χ1n) is 5.73. The molecule has 1 aromatic heterocycles. The SMILES string of the molecule is Cc1cc(=O)n(CC(=O)Nc2ccc(F)cc2F)cn1. The normalized spacial score (nSPS) is 10.3. The number of carbonyl (C=O) groups excluding carboxylic acids is 1. The van der Waals surface area contributed by atoms with E-state index < -0.39 is 17.5 Å². The molecule has 0 aliphatic heterocycles. The Bertz CT molecular complexity index is 713. The third-order valence-electron chi connectivity index (χ3n) is 2.54. The topological polar surface area (TPSA) is 64.0 Å². The zero-order valence-corrected chi connectivity index (χ0v) is 10.6. The van der Waals surface area contributed by atoms with Gasteiger partial charge in [0.25, 0.3) is 5.56 Å². The van der Waals surface area contributed by atoms with Crippen LogP contribution in [0.3, 0.4) is 0 Å². The molecule has 7 heteroatoms. The van der Waals surface area contributed by atoms with E-state index in [1.54, 1.807) is 6.92 Å². The first-order chi connectivity index (χ1) is 9.45. The summed E-state index contributed by atoms with van der Waals surface area (Å²) in [5, 5.41) is 2.26. The lowest BCUT2D eigenvalue weighted by Crippen LogP contribution is -2.27. The van der Waals surface area contributed by atoms with Crippen molar-refractivity contribution in [2.24, 2.45) is 0 Å². The molecule has 0 radical (unpaired) electrons. The molecule has 1 heterocycles. The van der Waals surface area contributed by atoms with Crippen molar-refractivity contribution in [3.05, 3.63) is 58.3 Å². The van der Waals surface area contributed by atoms with Gasteiger partial charge in [0, 0.05) is 17.8 Å². The summed E-state index contributed by atoms with van der Waals surface area (Å²) in [6, 6.07) is 4.08. The van der Waals surface area contributed by atoms with Gasteiger partial charge in [0.05, 0.1) is 12.0 Å². The average molecular weight is 279 g/mol. The van der Waals surface area contributed by atoms with E-state index >= 15 is 0 Å². The Morgan fingerprint density at radius 1 is 1.35 bits per heavy atom. The quantitative estimate of drug-likeness (QED) is 0.925. The summed E-state index contributed by atoms with van der Waals surface area (Å²) in [5.74, 6) is -2.23. The van der Waals surface area contributed by atoms with Crippen LogP contribution in [-0.2, 0) is 11.3 Å². The number of nitrogens with zero attached hydrogens (tertiary/aromatic N) is 2. The van der Waals surface area contributed by atoms with Crippen LogP contribution in [0.25, 0.3) is 0 Å². The van der Waals surface area contributed by atoms with Crippen molar-refractivity contribution in [2.75, 3.05) is 5.32 Å². The fourth-order valence-electron chi connectivity index (χ4n) is 1.57. The highest BCUT2D eigenvalue weighted by molar-refractivity contribution is 5.90. The number of anilines is 1. The fourth-order valence-corrected chi connectivity index (χ4v) is 1.57. The van der Waals surface area contributed by atoms with Gasteiger partial charge in [-0.3, -0.25) is 14.2 Å². The molecule has 0 atom stereocenters. The Morgan fingerprint density at radius 2 is 2.10 bits per heavy atom. The number of hydrogen-bond donors (Lipinski definition) is 1. The maximum absolute atomic E-state index is 13.3. The van der Waals surface area contributed by atoms with Crippen molar-refractivity contribution < 1.29 is 13.6 Å². The van der Waals surface area contributed by atoms with E-state index in [2.05, 4.69) is 10.3 Å². The maximum Gasteiger partial charge on any atom is 0.253 e. The molecular formula is C13H11F2N3O2. The second-order valence-electron chi connectivity index (χ2n) is 4.17. The van der Waals surface area contributed by atoms with Crippen LogP contribution in [0.1, 0.15) is 5.69 Å². The van der Waals surface area contributed by atoms with Gasteiger partial charge < -0.3 is 5.32 Å². The molecule has 0 saturated heterocycles. The Labute approximate surface area is 112 Å². The van der Waals surface area contributed by atoms with Gasteiger partial charge in [0.2, 0.25) is 5.91 Å². The van der Waals surface area contributed by atoms with Gasteiger partial charge in [-0.2, -0.15) is 0 Å². The molecule has 1 N–H and O–H groups in total. The molecule has 1 aromatic carbocycles. The molecule has 0 aliphatic carbocycles. The molecule has 2 rings (SSSR count). The van der Waals surface area contributed by atoms with Gasteiger partial charge in [-0.15, -0.1) is 0 Å². The Hall–Kier alpha value is -2.57. The van der Waals surface area contributed by atoms with Crippen LogP contribution in [0.15, 0.2) is 35.4 Å². The first-order valence-corrected chi connectivity index (χ1v) is 5.73. The summed E-state index contributed by atoms with van der Waals surface area (Å²) in [5.41, 5.74) is 0.00739. The molecule has 0 saturated carbocycles. The molecule has 20 heavy (non-hydrogen) atoms. The Balaban J connectivity index is 2.11. The van der Waals surface area contributed by atoms with E-state index in [0.29, 0.717) is 11.8 Å². The van der Waals surface area contributed by atoms with Gasteiger partial charge >= 0.3 is 0 Å². The highest BCUT2D eigenvalue weighted by Crippen LogP contribution is 2.14. The molecule has 0 bridgehead atoms. The largest absolute Gasteiger partial charge is 0.322 e. The number of halogens is 2. The predicted octanol–water partition coefficient (Wildman–Crippen LogP) is 1.47. The minimum atomic E-state index is -0.882. The second kappa shape index (κ2) is 5.60. The van der Waals surface area contributed by atoms with Gasteiger partial charge in [0.15, 0.2) is 0 Å². The van der Waals surface area contributed by atoms with Crippen molar-refractivity contribution in [1.29, 1.82) is 0 Å². The van der Waals surface area contributed by atoms with E-state index in [4.69, 9.17) is 0 Å². The molecule has 0 unspecified atom stereocenters. The summed E-state index contributed by atoms with van der Waals surface area (Å²) >= 11 is 0. The lowest BCUT2D eigenvalue weighted by Gasteiger charge is -2.08. The zero-order valence-electron chi connectivity index (χ0n) is 10.6. The smallest absolute Gasteiger partial charge is 0.253 e. The predicted molar refractivity (Wildman–Crippen MR) is 68.2 cm³/mol. The number of nitrogens with one attached hydrogen (secondary N) is 1. The first kappa shape index (κ1) is 13.9. The average Bonchev–Trinajstić information content (AvgIpc) is 2.36. The van der Waals surface area contributed by atoms with Gasteiger partial charge in [-0.25, -0.2) is 13.8 Å². The van der Waals surface area contributed by atoms with E-state index in [1.807, 2.05) is 0 Å². The summed E-state index contributed by atoms with van der Waals surface area (Å²) in [6.07, 6.45) is 1.23. The van der Waals surface area contributed by atoms with Gasteiger partial charge in [-0.1, -0.05) is 0 Å². The third-order valence-corrected chi connectivity index (χ3v) is 2.54. The molecule has 0 fully saturated rings. The number of amides is 1. The lowest BCUT2D eigenvalue weighted by atomic mass is 10.3. The van der Waals surface area contributed by atoms with Crippen molar-refractivity contribution in [1.82, 2.24) is 9.55 Å². The van der Waals surface area contributed by atoms with E-state index in [-0.39, 0.29) is 17.8 Å². The van der Waals surface area contributed by atoms with E-state index in [9.17, 15) is 18.4 Å². The fraction of sp³-hybridized carbons (Fsp3) is 0.154. The molecule has 2 aromatic rings. The molecule has 1 amide bonds. The highest BCUT2D eigenvalue weighted by Gasteiger charge is 2.09. The number of aryl methyl sites for hydroxylation is 1.